The summed E-state index contributed by atoms with van der Waals surface area (Å²) in [5, 5.41) is 3.54. The molecule has 0 spiro atoms. The lowest BCUT2D eigenvalue weighted by molar-refractivity contribution is -0.116. The number of nitrogens with one attached hydrogen (secondary N) is 1. The van der Waals surface area contributed by atoms with Gasteiger partial charge in [0, 0.05) is 12.6 Å². The second kappa shape index (κ2) is 6.85. The predicted octanol–water partition coefficient (Wildman–Crippen LogP) is 2.76. The maximum Gasteiger partial charge on any atom is 0.215 e. The number of nitrogens with zero attached hydrogens (tertiary/aromatic N) is 2. The third-order valence-electron chi connectivity index (χ3n) is 3.71. The van der Waals surface area contributed by atoms with Gasteiger partial charge < -0.3 is 10.2 Å². The monoisotopic (exact) mass is 287 g/mol. The van der Waals surface area contributed by atoms with Gasteiger partial charge in [-0.3, -0.25) is 9.79 Å². The van der Waals surface area contributed by atoms with Crippen LogP contribution in [0.2, 0.25) is 0 Å². The Morgan fingerprint density at radius 3 is 2.48 bits per heavy atom. The van der Waals surface area contributed by atoms with E-state index in [1.807, 2.05) is 26.8 Å². The Balaban J connectivity index is 1.93. The minimum Gasteiger partial charge on any atom is -0.308 e. The summed E-state index contributed by atoms with van der Waals surface area (Å²) in [5.74, 6) is 0. The number of benzene rings is 1. The number of aliphatic imine (C=N–C) groups is 1. The smallest absolute Gasteiger partial charge is 0.215 e. The van der Waals surface area contributed by atoms with Gasteiger partial charge in [-0.2, -0.15) is 0 Å². The molecular formula is C17H25N3O. The molecule has 0 aliphatic carbocycles. The van der Waals surface area contributed by atoms with E-state index in [4.69, 9.17) is 0 Å². The summed E-state index contributed by atoms with van der Waals surface area (Å²) in [7, 11) is 0. The lowest BCUT2D eigenvalue weighted by Gasteiger charge is -2.34. The van der Waals surface area contributed by atoms with Crippen molar-refractivity contribution in [1.29, 1.82) is 0 Å². The Bertz CT molecular complexity index is 471. The molecule has 1 fully saturated rings. The maximum absolute atomic E-state index is 11.3. The number of hydrogen-bond donors (Lipinski definition) is 1. The lowest BCUT2D eigenvalue weighted by atomic mass is 9.94. The predicted molar refractivity (Wildman–Crippen MR) is 86.4 cm³/mol. The van der Waals surface area contributed by atoms with Crippen molar-refractivity contribution >= 4 is 12.7 Å². The summed E-state index contributed by atoms with van der Waals surface area (Å²) in [4.78, 5) is 17.4. The average Bonchev–Trinajstić information content (AvgIpc) is 2.48. The van der Waals surface area contributed by atoms with Gasteiger partial charge in [0.2, 0.25) is 6.41 Å². The van der Waals surface area contributed by atoms with E-state index in [1.54, 1.807) is 11.2 Å². The Morgan fingerprint density at radius 2 is 1.95 bits per heavy atom. The number of hydrogen-bond acceptors (Lipinski definition) is 3. The van der Waals surface area contributed by atoms with E-state index in [2.05, 4.69) is 34.6 Å². The van der Waals surface area contributed by atoms with Crippen LogP contribution in [0.3, 0.4) is 0 Å². The number of carbonyl (C=O) groups is 1. The molecule has 114 valence electrons. The Kier molecular flexibility index (Phi) is 5.12. The lowest BCUT2D eigenvalue weighted by Crippen LogP contribution is -2.46. The van der Waals surface area contributed by atoms with E-state index in [-0.39, 0.29) is 11.6 Å². The molecule has 21 heavy (non-hydrogen) atoms. The van der Waals surface area contributed by atoms with Gasteiger partial charge in [0.05, 0.1) is 17.9 Å². The molecule has 2 rings (SSSR count). The summed E-state index contributed by atoms with van der Waals surface area (Å²) in [5.41, 5.74) is 1.16. The molecule has 1 saturated heterocycles. The molecule has 1 amide bonds. The van der Waals surface area contributed by atoms with Crippen LogP contribution < -0.4 is 5.32 Å². The number of piperidine rings is 1. The maximum atomic E-state index is 11.3. The molecule has 0 aromatic heterocycles. The SMILES string of the molecule is CC(C)(C)N=CN(C=O)C1CCC(c2ccccc2)NC1. The summed E-state index contributed by atoms with van der Waals surface area (Å²) < 4.78 is 0. The van der Waals surface area contributed by atoms with E-state index in [9.17, 15) is 4.79 Å². The molecule has 4 nitrogen and oxygen atoms in total. The van der Waals surface area contributed by atoms with Gasteiger partial charge in [-0.1, -0.05) is 30.3 Å². The molecule has 1 N–H and O–H groups in total. The Hall–Kier alpha value is -1.68. The first kappa shape index (κ1) is 15.7. The van der Waals surface area contributed by atoms with E-state index >= 15 is 0 Å². The van der Waals surface area contributed by atoms with Crippen LogP contribution >= 0.6 is 0 Å². The van der Waals surface area contributed by atoms with E-state index in [1.165, 1.54) is 5.56 Å². The van der Waals surface area contributed by atoms with Crippen molar-refractivity contribution < 1.29 is 4.79 Å². The topological polar surface area (TPSA) is 44.7 Å². The molecule has 2 atom stereocenters. The normalized spacial score (nSPS) is 23.2. The third kappa shape index (κ3) is 4.67. The molecule has 1 aliphatic rings. The van der Waals surface area contributed by atoms with Crippen molar-refractivity contribution in [3.63, 3.8) is 0 Å². The third-order valence-corrected chi connectivity index (χ3v) is 3.71. The highest BCUT2D eigenvalue weighted by Crippen LogP contribution is 2.24. The molecule has 1 aliphatic heterocycles. The van der Waals surface area contributed by atoms with Gasteiger partial charge in [0.1, 0.15) is 0 Å². The highest BCUT2D eigenvalue weighted by molar-refractivity contribution is 5.73. The molecule has 1 aromatic rings. The molecular weight excluding hydrogens is 262 g/mol. The Labute approximate surface area is 127 Å². The van der Waals surface area contributed by atoms with Gasteiger partial charge in [-0.05, 0) is 39.2 Å². The summed E-state index contributed by atoms with van der Waals surface area (Å²) >= 11 is 0. The highest BCUT2D eigenvalue weighted by Gasteiger charge is 2.25. The van der Waals surface area contributed by atoms with E-state index in [0.29, 0.717) is 6.04 Å². The second-order valence-electron chi connectivity index (χ2n) is 6.57. The van der Waals surface area contributed by atoms with Gasteiger partial charge in [0.15, 0.2) is 0 Å². The fraction of sp³-hybridized carbons (Fsp3) is 0.529. The molecule has 2 unspecified atom stereocenters. The van der Waals surface area contributed by atoms with Crippen molar-refractivity contribution in [1.82, 2.24) is 10.2 Å². The largest absolute Gasteiger partial charge is 0.308 e. The van der Waals surface area contributed by atoms with Crippen molar-refractivity contribution in [2.75, 3.05) is 6.54 Å². The van der Waals surface area contributed by atoms with Crippen LogP contribution in [-0.2, 0) is 4.79 Å². The zero-order valence-corrected chi connectivity index (χ0v) is 13.1. The molecule has 1 heterocycles. The van der Waals surface area contributed by atoms with Crippen molar-refractivity contribution in [3.8, 4) is 0 Å². The first-order chi connectivity index (χ1) is 9.99. The number of amides is 1. The fourth-order valence-corrected chi connectivity index (χ4v) is 2.51. The number of rotatable bonds is 4. The van der Waals surface area contributed by atoms with Gasteiger partial charge >= 0.3 is 0 Å². The quantitative estimate of drug-likeness (QED) is 0.526. The van der Waals surface area contributed by atoms with Crippen molar-refractivity contribution in [3.05, 3.63) is 35.9 Å². The van der Waals surface area contributed by atoms with Gasteiger partial charge in [-0.25, -0.2) is 0 Å². The van der Waals surface area contributed by atoms with Crippen LogP contribution in [0.15, 0.2) is 35.3 Å². The first-order valence-corrected chi connectivity index (χ1v) is 7.56. The Morgan fingerprint density at radius 1 is 1.24 bits per heavy atom. The zero-order valence-electron chi connectivity index (χ0n) is 13.1. The van der Waals surface area contributed by atoms with Gasteiger partial charge in [-0.15, -0.1) is 0 Å². The first-order valence-electron chi connectivity index (χ1n) is 7.56. The van der Waals surface area contributed by atoms with Gasteiger partial charge in [0.25, 0.3) is 0 Å². The number of carbonyl (C=O) groups excluding carboxylic acids is 1. The van der Waals surface area contributed by atoms with Crippen LogP contribution in [0, 0.1) is 0 Å². The highest BCUT2D eigenvalue weighted by atomic mass is 16.1. The van der Waals surface area contributed by atoms with Crippen LogP contribution in [0.5, 0.6) is 0 Å². The molecule has 0 bridgehead atoms. The molecule has 1 aromatic carbocycles. The van der Waals surface area contributed by atoms with Crippen molar-refractivity contribution in [2.24, 2.45) is 4.99 Å². The molecule has 0 radical (unpaired) electrons. The van der Waals surface area contributed by atoms with Crippen LogP contribution in [0.1, 0.15) is 45.2 Å². The fourth-order valence-electron chi connectivity index (χ4n) is 2.51. The summed E-state index contributed by atoms with van der Waals surface area (Å²) in [6, 6.07) is 11.0. The summed E-state index contributed by atoms with van der Waals surface area (Å²) in [6.07, 6.45) is 4.58. The average molecular weight is 287 g/mol. The second-order valence-corrected chi connectivity index (χ2v) is 6.57. The zero-order chi connectivity index (χ0) is 15.3. The molecule has 4 heteroatoms. The van der Waals surface area contributed by atoms with Crippen LogP contribution in [0.4, 0.5) is 0 Å². The minimum absolute atomic E-state index is 0.157. The standard InChI is InChI=1S/C17H25N3O/c1-17(2,3)19-12-20(13-21)15-9-10-16(18-11-15)14-7-5-4-6-8-14/h4-8,12-13,15-16,18H,9-11H2,1-3H3. The molecule has 0 saturated carbocycles. The van der Waals surface area contributed by atoms with Crippen LogP contribution in [0.25, 0.3) is 0 Å². The summed E-state index contributed by atoms with van der Waals surface area (Å²) in [6.45, 7) is 6.87. The van der Waals surface area contributed by atoms with E-state index in [0.717, 1.165) is 25.8 Å². The minimum atomic E-state index is -0.157. The van der Waals surface area contributed by atoms with E-state index < -0.39 is 0 Å². The van der Waals surface area contributed by atoms with Crippen molar-refractivity contribution in [2.45, 2.75) is 51.2 Å². The van der Waals surface area contributed by atoms with Crippen LogP contribution in [-0.4, -0.2) is 35.8 Å².